The Hall–Kier alpha value is -2.91. The molecule has 0 saturated carbocycles. The summed E-state index contributed by atoms with van der Waals surface area (Å²) in [6.07, 6.45) is 0. The van der Waals surface area contributed by atoms with Crippen molar-refractivity contribution in [3.8, 4) is 0 Å². The Morgan fingerprint density at radius 1 is 0.760 bits per heavy atom. The number of hydroxylamine groups is 2. The van der Waals surface area contributed by atoms with Crippen LogP contribution >= 0.6 is 0 Å². The summed E-state index contributed by atoms with van der Waals surface area (Å²) in [7, 11) is 0. The lowest BCUT2D eigenvalue weighted by molar-refractivity contribution is -0.0999. The van der Waals surface area contributed by atoms with Crippen LogP contribution in [0.15, 0.2) is 72.8 Å². The minimum absolute atomic E-state index is 0.378. The predicted molar refractivity (Wildman–Crippen MR) is 96.6 cm³/mol. The minimum Gasteiger partial charge on any atom is -0.284 e. The number of fused-ring (bicyclic) bond motifs is 1. The maximum atomic E-state index is 12.8. The molecule has 0 atom stereocenters. The summed E-state index contributed by atoms with van der Waals surface area (Å²) in [5, 5.41) is 11.8. The Morgan fingerprint density at radius 3 is 1.76 bits per heavy atom. The van der Waals surface area contributed by atoms with Crippen molar-refractivity contribution < 1.29 is 10.0 Å². The largest absolute Gasteiger partial charge is 0.284 e. The normalized spacial score (nSPS) is 15.3. The second kappa shape index (κ2) is 5.57. The van der Waals surface area contributed by atoms with E-state index in [0.29, 0.717) is 5.56 Å². The van der Waals surface area contributed by atoms with Gasteiger partial charge >= 0.3 is 0 Å². The third-order valence-corrected chi connectivity index (χ3v) is 5.00. The van der Waals surface area contributed by atoms with E-state index in [4.69, 9.17) is 0 Å². The van der Waals surface area contributed by atoms with Crippen molar-refractivity contribution in [3.63, 3.8) is 0 Å². The third kappa shape index (κ3) is 2.13. The van der Waals surface area contributed by atoms with Crippen LogP contribution in [0, 0.1) is 13.8 Å². The van der Waals surface area contributed by atoms with Gasteiger partial charge in [0.15, 0.2) is 0 Å². The number of rotatable bonds is 2. The number of benzene rings is 3. The number of hydrogen-bond donors (Lipinski definition) is 1. The fourth-order valence-corrected chi connectivity index (χ4v) is 3.68. The second-order valence-corrected chi connectivity index (χ2v) is 6.61. The molecular weight excluding hydrogens is 310 g/mol. The Labute approximate surface area is 147 Å². The number of carbonyl (C=O) groups excluding carboxylic acids is 1. The van der Waals surface area contributed by atoms with E-state index in [9.17, 15) is 10.0 Å². The summed E-state index contributed by atoms with van der Waals surface area (Å²) >= 11 is 0. The van der Waals surface area contributed by atoms with Gasteiger partial charge in [-0.05, 0) is 31.0 Å². The molecule has 3 aromatic carbocycles. The molecule has 0 spiro atoms. The molecule has 1 heterocycles. The van der Waals surface area contributed by atoms with E-state index in [1.54, 1.807) is 6.07 Å². The molecule has 124 valence electrons. The molecule has 3 nitrogen and oxygen atoms in total. The van der Waals surface area contributed by atoms with E-state index < -0.39 is 5.54 Å². The molecule has 0 bridgehead atoms. The summed E-state index contributed by atoms with van der Waals surface area (Å²) < 4.78 is 0. The molecule has 1 amide bonds. The Bertz CT molecular complexity index is 897. The lowest BCUT2D eigenvalue weighted by atomic mass is 9.77. The van der Waals surface area contributed by atoms with E-state index in [0.717, 1.165) is 32.9 Å². The lowest BCUT2D eigenvalue weighted by Gasteiger charge is -2.36. The van der Waals surface area contributed by atoms with Gasteiger partial charge in [-0.15, -0.1) is 0 Å². The van der Waals surface area contributed by atoms with Gasteiger partial charge in [-0.2, -0.15) is 0 Å². The van der Waals surface area contributed by atoms with Crippen LogP contribution in [0.3, 0.4) is 0 Å². The third-order valence-electron chi connectivity index (χ3n) is 5.00. The molecule has 3 aromatic rings. The van der Waals surface area contributed by atoms with Gasteiger partial charge < -0.3 is 0 Å². The number of hydrogen-bond acceptors (Lipinski definition) is 2. The Balaban J connectivity index is 2.08. The summed E-state index contributed by atoms with van der Waals surface area (Å²) in [5.41, 5.74) is 4.29. The van der Waals surface area contributed by atoms with Gasteiger partial charge in [0.25, 0.3) is 5.91 Å². The van der Waals surface area contributed by atoms with Gasteiger partial charge in [-0.25, -0.2) is 5.06 Å². The first-order chi connectivity index (χ1) is 12.0. The number of aryl methyl sites for hydroxylation is 2. The van der Waals surface area contributed by atoms with E-state index in [-0.39, 0.29) is 5.91 Å². The van der Waals surface area contributed by atoms with Crippen molar-refractivity contribution in [1.82, 2.24) is 5.06 Å². The van der Waals surface area contributed by atoms with Gasteiger partial charge in [0, 0.05) is 11.1 Å². The van der Waals surface area contributed by atoms with Crippen LogP contribution in [0.5, 0.6) is 0 Å². The molecule has 1 aliphatic rings. The standard InChI is InChI=1S/C22H19NO2/c1-15-7-11-17(12-8-15)22(18-13-9-16(2)10-14-18)20-6-4-3-5-19(20)21(24)23(22)25/h3-14,25H,1-2H3. The van der Waals surface area contributed by atoms with Crippen molar-refractivity contribution >= 4 is 5.91 Å². The summed E-state index contributed by atoms with van der Waals surface area (Å²) in [4.78, 5) is 12.8. The minimum atomic E-state index is -1.03. The molecule has 0 unspecified atom stereocenters. The van der Waals surface area contributed by atoms with E-state index in [1.807, 2.05) is 80.6 Å². The van der Waals surface area contributed by atoms with E-state index >= 15 is 0 Å². The van der Waals surface area contributed by atoms with Crippen molar-refractivity contribution in [2.75, 3.05) is 0 Å². The van der Waals surface area contributed by atoms with E-state index in [2.05, 4.69) is 0 Å². The first-order valence-electron chi connectivity index (χ1n) is 8.32. The smallest absolute Gasteiger partial charge is 0.279 e. The topological polar surface area (TPSA) is 40.5 Å². The molecule has 3 heteroatoms. The highest BCUT2D eigenvalue weighted by molar-refractivity contribution is 6.00. The molecular formula is C22H19NO2. The Morgan fingerprint density at radius 2 is 1.24 bits per heavy atom. The fourth-order valence-electron chi connectivity index (χ4n) is 3.68. The highest BCUT2D eigenvalue weighted by atomic mass is 16.5. The average molecular weight is 329 g/mol. The zero-order chi connectivity index (χ0) is 17.6. The van der Waals surface area contributed by atoms with Crippen LogP contribution in [-0.4, -0.2) is 16.2 Å². The molecule has 4 rings (SSSR count). The first-order valence-corrected chi connectivity index (χ1v) is 8.32. The molecule has 1 N–H and O–H groups in total. The summed E-state index contributed by atoms with van der Waals surface area (Å²) in [5.74, 6) is -0.378. The average Bonchev–Trinajstić information content (AvgIpc) is 2.86. The van der Waals surface area contributed by atoms with Crippen molar-refractivity contribution in [2.24, 2.45) is 0 Å². The van der Waals surface area contributed by atoms with Crippen LogP contribution in [0.25, 0.3) is 0 Å². The van der Waals surface area contributed by atoms with Crippen molar-refractivity contribution in [1.29, 1.82) is 0 Å². The molecule has 0 fully saturated rings. The quantitative estimate of drug-likeness (QED) is 0.706. The Kier molecular flexibility index (Phi) is 3.48. The molecule has 0 aliphatic carbocycles. The van der Waals surface area contributed by atoms with E-state index in [1.165, 1.54) is 0 Å². The summed E-state index contributed by atoms with van der Waals surface area (Å²) in [6.45, 7) is 4.04. The maximum absolute atomic E-state index is 12.8. The number of nitrogens with zero attached hydrogens (tertiary/aromatic N) is 1. The van der Waals surface area contributed by atoms with Crippen LogP contribution < -0.4 is 0 Å². The van der Waals surface area contributed by atoms with Gasteiger partial charge in [0.1, 0.15) is 5.54 Å². The van der Waals surface area contributed by atoms with Crippen LogP contribution in [0.2, 0.25) is 0 Å². The molecule has 25 heavy (non-hydrogen) atoms. The number of amides is 1. The lowest BCUT2D eigenvalue weighted by Crippen LogP contribution is -2.43. The van der Waals surface area contributed by atoms with Crippen LogP contribution in [-0.2, 0) is 5.54 Å². The molecule has 1 aliphatic heterocycles. The van der Waals surface area contributed by atoms with Crippen molar-refractivity contribution in [3.05, 3.63) is 106 Å². The fraction of sp³-hybridized carbons (Fsp3) is 0.136. The molecule has 0 aromatic heterocycles. The highest BCUT2D eigenvalue weighted by Gasteiger charge is 2.52. The second-order valence-electron chi connectivity index (χ2n) is 6.61. The van der Waals surface area contributed by atoms with Gasteiger partial charge in [0.2, 0.25) is 0 Å². The monoisotopic (exact) mass is 329 g/mol. The van der Waals surface area contributed by atoms with Crippen LogP contribution in [0.1, 0.15) is 38.2 Å². The maximum Gasteiger partial charge on any atom is 0.279 e. The van der Waals surface area contributed by atoms with Gasteiger partial charge in [0.05, 0.1) is 0 Å². The zero-order valence-corrected chi connectivity index (χ0v) is 14.2. The molecule has 0 radical (unpaired) electrons. The summed E-state index contributed by atoms with van der Waals surface area (Å²) in [6, 6.07) is 23.4. The zero-order valence-electron chi connectivity index (χ0n) is 14.2. The van der Waals surface area contributed by atoms with Crippen molar-refractivity contribution in [2.45, 2.75) is 19.4 Å². The number of carbonyl (C=O) groups is 1. The van der Waals surface area contributed by atoms with Gasteiger partial charge in [-0.3, -0.25) is 10.0 Å². The first kappa shape index (κ1) is 15.6. The highest BCUT2D eigenvalue weighted by Crippen LogP contribution is 2.47. The van der Waals surface area contributed by atoms with Crippen LogP contribution in [0.4, 0.5) is 0 Å². The predicted octanol–water partition coefficient (Wildman–Crippen LogP) is 4.44. The van der Waals surface area contributed by atoms with Gasteiger partial charge in [-0.1, -0.05) is 77.9 Å². The SMILES string of the molecule is Cc1ccc(C2(c3ccc(C)cc3)c3ccccc3C(=O)N2O)cc1. The molecule has 0 saturated heterocycles.